The fourth-order valence-corrected chi connectivity index (χ4v) is 3.83. The zero-order valence-corrected chi connectivity index (χ0v) is 15.1. The summed E-state index contributed by atoms with van der Waals surface area (Å²) in [6, 6.07) is 8.02. The van der Waals surface area contributed by atoms with Gasteiger partial charge in [0.15, 0.2) is 4.96 Å². The van der Waals surface area contributed by atoms with E-state index in [0.717, 1.165) is 35.1 Å². The molecular formula is C18H23N3O2S. The van der Waals surface area contributed by atoms with Crippen LogP contribution in [0.3, 0.4) is 0 Å². The van der Waals surface area contributed by atoms with E-state index < -0.39 is 0 Å². The summed E-state index contributed by atoms with van der Waals surface area (Å²) in [6.07, 6.45) is 2.13. The van der Waals surface area contributed by atoms with E-state index >= 15 is 0 Å². The van der Waals surface area contributed by atoms with Crippen LogP contribution in [0.4, 0.5) is 0 Å². The molecule has 0 radical (unpaired) electrons. The fourth-order valence-electron chi connectivity index (χ4n) is 2.94. The van der Waals surface area contributed by atoms with Crippen LogP contribution in [0, 0.1) is 13.8 Å². The lowest BCUT2D eigenvalue weighted by Crippen LogP contribution is -2.27. The Kier molecular flexibility index (Phi) is 5.18. The summed E-state index contributed by atoms with van der Waals surface area (Å²) in [5.41, 5.74) is 3.34. The summed E-state index contributed by atoms with van der Waals surface area (Å²) in [5, 5.41) is 9.46. The van der Waals surface area contributed by atoms with Crippen molar-refractivity contribution in [1.82, 2.24) is 14.3 Å². The lowest BCUT2D eigenvalue weighted by molar-refractivity contribution is 0.181. The summed E-state index contributed by atoms with van der Waals surface area (Å²) in [4.78, 5) is 9.16. The predicted octanol–water partition coefficient (Wildman–Crippen LogP) is 3.02. The van der Waals surface area contributed by atoms with Crippen LogP contribution in [0.15, 0.2) is 30.5 Å². The van der Waals surface area contributed by atoms with Crippen molar-refractivity contribution in [3.8, 4) is 5.75 Å². The van der Waals surface area contributed by atoms with Crippen molar-refractivity contribution in [3.05, 3.63) is 52.3 Å². The molecule has 0 aliphatic carbocycles. The van der Waals surface area contributed by atoms with Crippen molar-refractivity contribution >= 4 is 16.3 Å². The molecule has 0 fully saturated rings. The highest BCUT2D eigenvalue weighted by Gasteiger charge is 2.16. The number of methoxy groups -OCH3 is 1. The number of rotatable bonds is 7. The third kappa shape index (κ3) is 3.45. The van der Waals surface area contributed by atoms with E-state index in [1.165, 1.54) is 10.6 Å². The maximum atomic E-state index is 9.46. The molecule has 0 saturated carbocycles. The van der Waals surface area contributed by atoms with Crippen LogP contribution in [0.1, 0.15) is 21.8 Å². The standard InChI is InChI=1S/C18H23N3O2S/c1-13-10-21-16(14(2)19-18(21)24-13)12-20(8-9-22)11-15-6-4-5-7-17(15)23-3/h4-7,10,22H,8-9,11-12H2,1-3H3. The molecule has 3 rings (SSSR count). The number of aliphatic hydroxyl groups excluding tert-OH is 1. The summed E-state index contributed by atoms with van der Waals surface area (Å²) < 4.78 is 7.62. The molecule has 0 atom stereocenters. The molecule has 0 amide bonds. The number of aryl methyl sites for hydroxylation is 2. The third-order valence-electron chi connectivity index (χ3n) is 4.12. The Hall–Kier alpha value is -1.89. The number of hydrogen-bond donors (Lipinski definition) is 1. The summed E-state index contributed by atoms with van der Waals surface area (Å²) in [6.45, 7) is 6.33. The summed E-state index contributed by atoms with van der Waals surface area (Å²) in [7, 11) is 1.69. The van der Waals surface area contributed by atoms with Crippen LogP contribution in [0.5, 0.6) is 5.75 Å². The molecule has 24 heavy (non-hydrogen) atoms. The van der Waals surface area contributed by atoms with Gasteiger partial charge in [0.05, 0.1) is 25.1 Å². The first-order valence-electron chi connectivity index (χ1n) is 8.01. The van der Waals surface area contributed by atoms with Gasteiger partial charge in [0.25, 0.3) is 0 Å². The minimum absolute atomic E-state index is 0.124. The number of nitrogens with zero attached hydrogens (tertiary/aromatic N) is 3. The number of imidazole rings is 1. The summed E-state index contributed by atoms with van der Waals surface area (Å²) in [5.74, 6) is 0.877. The molecule has 2 heterocycles. The third-order valence-corrected chi connectivity index (χ3v) is 5.02. The molecule has 3 aromatic rings. The van der Waals surface area contributed by atoms with Gasteiger partial charge in [-0.1, -0.05) is 18.2 Å². The molecule has 1 aromatic carbocycles. The Bertz CT molecular complexity index is 825. The van der Waals surface area contributed by atoms with Gasteiger partial charge in [-0.2, -0.15) is 0 Å². The van der Waals surface area contributed by atoms with Crippen LogP contribution >= 0.6 is 11.3 Å². The van der Waals surface area contributed by atoms with Crippen molar-refractivity contribution in [2.24, 2.45) is 0 Å². The topological polar surface area (TPSA) is 50.0 Å². The van der Waals surface area contributed by atoms with Gasteiger partial charge < -0.3 is 9.84 Å². The van der Waals surface area contributed by atoms with Crippen molar-refractivity contribution < 1.29 is 9.84 Å². The van der Waals surface area contributed by atoms with E-state index in [1.807, 2.05) is 25.1 Å². The Morgan fingerprint density at radius 1 is 1.25 bits per heavy atom. The number of benzene rings is 1. The number of aliphatic hydroxyl groups is 1. The number of para-hydroxylation sites is 1. The van der Waals surface area contributed by atoms with Gasteiger partial charge in [0, 0.05) is 36.3 Å². The first-order valence-corrected chi connectivity index (χ1v) is 8.83. The molecule has 0 unspecified atom stereocenters. The molecule has 5 nitrogen and oxygen atoms in total. The van der Waals surface area contributed by atoms with Crippen molar-refractivity contribution in [2.75, 3.05) is 20.3 Å². The van der Waals surface area contributed by atoms with Crippen LogP contribution in [-0.4, -0.2) is 39.7 Å². The molecule has 2 aromatic heterocycles. The quantitative estimate of drug-likeness (QED) is 0.715. The van der Waals surface area contributed by atoms with Gasteiger partial charge in [0.2, 0.25) is 0 Å². The Morgan fingerprint density at radius 2 is 2.04 bits per heavy atom. The highest BCUT2D eigenvalue weighted by molar-refractivity contribution is 7.17. The van der Waals surface area contributed by atoms with Crippen molar-refractivity contribution in [2.45, 2.75) is 26.9 Å². The average Bonchev–Trinajstić information content (AvgIpc) is 3.05. The summed E-state index contributed by atoms with van der Waals surface area (Å²) >= 11 is 1.70. The van der Waals surface area contributed by atoms with Gasteiger partial charge >= 0.3 is 0 Å². The number of ether oxygens (including phenoxy) is 1. The van der Waals surface area contributed by atoms with Crippen LogP contribution < -0.4 is 4.74 Å². The molecule has 128 valence electrons. The Balaban J connectivity index is 1.86. The largest absolute Gasteiger partial charge is 0.496 e. The molecular weight excluding hydrogens is 322 g/mol. The monoisotopic (exact) mass is 345 g/mol. The number of aromatic nitrogens is 2. The van der Waals surface area contributed by atoms with E-state index in [4.69, 9.17) is 4.74 Å². The SMILES string of the molecule is COc1ccccc1CN(CCO)Cc1c(C)nc2sc(C)cn12. The minimum Gasteiger partial charge on any atom is -0.496 e. The molecule has 0 spiro atoms. The van der Waals surface area contributed by atoms with Gasteiger partial charge in [-0.25, -0.2) is 4.98 Å². The first kappa shape index (κ1) is 17.0. The van der Waals surface area contributed by atoms with Gasteiger partial charge in [0.1, 0.15) is 5.75 Å². The normalized spacial score (nSPS) is 11.5. The molecule has 0 aliphatic rings. The van der Waals surface area contributed by atoms with Crippen LogP contribution in [0.25, 0.3) is 4.96 Å². The van der Waals surface area contributed by atoms with Gasteiger partial charge in [-0.3, -0.25) is 9.30 Å². The number of thiazole rings is 1. The molecule has 6 heteroatoms. The van der Waals surface area contributed by atoms with Crippen molar-refractivity contribution in [1.29, 1.82) is 0 Å². The van der Waals surface area contributed by atoms with Crippen LogP contribution in [0.2, 0.25) is 0 Å². The van der Waals surface area contributed by atoms with Crippen molar-refractivity contribution in [3.63, 3.8) is 0 Å². The van der Waals surface area contributed by atoms with Gasteiger partial charge in [-0.15, -0.1) is 11.3 Å². The van der Waals surface area contributed by atoms with Gasteiger partial charge in [-0.05, 0) is 19.9 Å². The number of fused-ring (bicyclic) bond motifs is 1. The average molecular weight is 345 g/mol. The zero-order valence-electron chi connectivity index (χ0n) is 14.3. The fraction of sp³-hybridized carbons (Fsp3) is 0.389. The van der Waals surface area contributed by atoms with E-state index in [9.17, 15) is 5.11 Å². The van der Waals surface area contributed by atoms with E-state index in [-0.39, 0.29) is 6.61 Å². The minimum atomic E-state index is 0.124. The lowest BCUT2D eigenvalue weighted by atomic mass is 10.1. The lowest BCUT2D eigenvalue weighted by Gasteiger charge is -2.22. The number of hydrogen-bond acceptors (Lipinski definition) is 5. The van der Waals surface area contributed by atoms with Crippen LogP contribution in [-0.2, 0) is 13.1 Å². The first-order chi connectivity index (χ1) is 11.6. The molecule has 0 bridgehead atoms. The van der Waals surface area contributed by atoms with E-state index in [0.29, 0.717) is 6.54 Å². The second-order valence-corrected chi connectivity index (χ2v) is 7.10. The molecule has 1 N–H and O–H groups in total. The van der Waals surface area contributed by atoms with E-state index in [1.54, 1.807) is 18.4 Å². The zero-order chi connectivity index (χ0) is 17.1. The highest BCUT2D eigenvalue weighted by atomic mass is 32.1. The second kappa shape index (κ2) is 7.34. The predicted molar refractivity (Wildman–Crippen MR) is 96.7 cm³/mol. The molecule has 0 saturated heterocycles. The second-order valence-electron chi connectivity index (χ2n) is 5.88. The molecule has 0 aliphatic heterocycles. The highest BCUT2D eigenvalue weighted by Crippen LogP contribution is 2.24. The maximum Gasteiger partial charge on any atom is 0.194 e. The Labute approximate surface area is 146 Å². The maximum absolute atomic E-state index is 9.46. The smallest absolute Gasteiger partial charge is 0.194 e. The Morgan fingerprint density at radius 3 is 2.79 bits per heavy atom. The van der Waals surface area contributed by atoms with E-state index in [2.05, 4.69) is 33.5 Å².